The molecule has 0 aliphatic carbocycles. The zero-order valence-electron chi connectivity index (χ0n) is 10.6. The molecule has 0 aromatic heterocycles. The first-order valence-electron chi connectivity index (χ1n) is 6.04. The fraction of sp³-hybridized carbons (Fsp3) is 0.462. The fourth-order valence-corrected chi connectivity index (χ4v) is 2.84. The second kappa shape index (κ2) is 5.27. The minimum atomic E-state index is -4.46. The highest BCUT2D eigenvalue weighted by Gasteiger charge is 2.40. The van der Waals surface area contributed by atoms with E-state index in [2.05, 4.69) is 15.9 Å². The van der Waals surface area contributed by atoms with Crippen LogP contribution in [0.2, 0.25) is 0 Å². The molecule has 0 spiro atoms. The molecule has 7 heteroatoms. The Bertz CT molecular complexity index is 533. The van der Waals surface area contributed by atoms with E-state index < -0.39 is 23.6 Å². The number of nitrogens with zero attached hydrogens (tertiary/aromatic N) is 1. The van der Waals surface area contributed by atoms with E-state index in [1.54, 1.807) is 6.92 Å². The lowest BCUT2D eigenvalue weighted by molar-refractivity contribution is -0.142. The van der Waals surface area contributed by atoms with Crippen molar-refractivity contribution in [1.29, 1.82) is 0 Å². The van der Waals surface area contributed by atoms with Crippen LogP contribution >= 0.6 is 15.9 Å². The van der Waals surface area contributed by atoms with Crippen molar-refractivity contribution >= 4 is 27.6 Å². The van der Waals surface area contributed by atoms with E-state index >= 15 is 0 Å². The average Bonchev–Trinajstić information content (AvgIpc) is 2.69. The molecule has 0 amide bonds. The lowest BCUT2D eigenvalue weighted by Gasteiger charge is -2.23. The van der Waals surface area contributed by atoms with Crippen LogP contribution in [-0.2, 0) is 11.0 Å². The van der Waals surface area contributed by atoms with Gasteiger partial charge in [-0.3, -0.25) is 4.79 Å². The van der Waals surface area contributed by atoms with Gasteiger partial charge in [0, 0.05) is 17.6 Å². The number of aliphatic carboxylic acids is 1. The normalized spacial score (nSPS) is 23.1. The molecule has 20 heavy (non-hydrogen) atoms. The summed E-state index contributed by atoms with van der Waals surface area (Å²) in [6.07, 6.45) is -4.46. The van der Waals surface area contributed by atoms with Crippen LogP contribution in [0.3, 0.4) is 0 Å². The van der Waals surface area contributed by atoms with Crippen molar-refractivity contribution in [3.63, 3.8) is 0 Å². The molecule has 1 N–H and O–H groups in total. The lowest BCUT2D eigenvalue weighted by atomic mass is 9.99. The topological polar surface area (TPSA) is 40.5 Å². The van der Waals surface area contributed by atoms with Gasteiger partial charge in [0.25, 0.3) is 0 Å². The second-order valence-electron chi connectivity index (χ2n) is 4.99. The highest BCUT2D eigenvalue weighted by Crippen LogP contribution is 2.40. The minimum Gasteiger partial charge on any atom is -0.481 e. The van der Waals surface area contributed by atoms with Crippen molar-refractivity contribution in [3.8, 4) is 0 Å². The van der Waals surface area contributed by atoms with Crippen LogP contribution in [-0.4, -0.2) is 24.2 Å². The van der Waals surface area contributed by atoms with E-state index in [4.69, 9.17) is 5.11 Å². The fourth-order valence-electron chi connectivity index (χ4n) is 2.49. The van der Waals surface area contributed by atoms with Crippen LogP contribution in [0.25, 0.3) is 0 Å². The van der Waals surface area contributed by atoms with E-state index in [0.717, 1.165) is 6.07 Å². The first-order valence-corrected chi connectivity index (χ1v) is 6.84. The van der Waals surface area contributed by atoms with Gasteiger partial charge in [-0.2, -0.15) is 13.2 Å². The number of carboxylic acid groups (broad SMARTS) is 1. The Morgan fingerprint density at radius 1 is 1.40 bits per heavy atom. The second-order valence-corrected chi connectivity index (χ2v) is 5.90. The van der Waals surface area contributed by atoms with E-state index in [1.807, 2.05) is 0 Å². The molecule has 2 rings (SSSR count). The summed E-state index contributed by atoms with van der Waals surface area (Å²) in [4.78, 5) is 12.6. The van der Waals surface area contributed by atoms with E-state index in [0.29, 0.717) is 11.0 Å². The molecule has 0 saturated carbocycles. The van der Waals surface area contributed by atoms with Crippen molar-refractivity contribution in [2.45, 2.75) is 13.1 Å². The number of alkyl halides is 3. The molecular formula is C13H13BrF3NO2. The van der Waals surface area contributed by atoms with E-state index in [9.17, 15) is 18.0 Å². The van der Waals surface area contributed by atoms with E-state index in [-0.39, 0.29) is 18.2 Å². The van der Waals surface area contributed by atoms with Gasteiger partial charge >= 0.3 is 12.1 Å². The first-order chi connectivity index (χ1) is 9.20. The maximum Gasteiger partial charge on any atom is 0.418 e. The molecule has 1 aromatic rings. The number of hydrogen-bond donors (Lipinski definition) is 1. The molecule has 1 aliphatic rings. The van der Waals surface area contributed by atoms with Gasteiger partial charge in [0.1, 0.15) is 0 Å². The van der Waals surface area contributed by atoms with Crippen molar-refractivity contribution < 1.29 is 23.1 Å². The summed E-state index contributed by atoms with van der Waals surface area (Å²) in [5.74, 6) is -1.80. The Hall–Kier alpha value is -1.24. The Balaban J connectivity index is 2.38. The predicted molar refractivity (Wildman–Crippen MR) is 71.6 cm³/mol. The summed E-state index contributed by atoms with van der Waals surface area (Å²) in [6.45, 7) is 2.14. The minimum absolute atomic E-state index is 0.0301. The third-order valence-electron chi connectivity index (χ3n) is 3.54. The van der Waals surface area contributed by atoms with E-state index in [1.165, 1.54) is 17.0 Å². The van der Waals surface area contributed by atoms with Crippen LogP contribution in [0.5, 0.6) is 0 Å². The number of hydrogen-bond acceptors (Lipinski definition) is 2. The van der Waals surface area contributed by atoms with Crippen molar-refractivity contribution in [3.05, 3.63) is 28.2 Å². The SMILES string of the molecule is C[C@@H]1CN(c2cc(Br)ccc2C(F)(F)F)C[C@H]1C(=O)O. The molecular weight excluding hydrogens is 339 g/mol. The Kier molecular flexibility index (Phi) is 4.00. The smallest absolute Gasteiger partial charge is 0.418 e. The van der Waals surface area contributed by atoms with Crippen LogP contribution in [0.1, 0.15) is 12.5 Å². The molecule has 1 aliphatic heterocycles. The summed E-state index contributed by atoms with van der Waals surface area (Å²) >= 11 is 3.16. The summed E-state index contributed by atoms with van der Waals surface area (Å²) in [7, 11) is 0. The molecule has 0 unspecified atom stereocenters. The summed E-state index contributed by atoms with van der Waals surface area (Å²) in [6, 6.07) is 3.73. The molecule has 3 nitrogen and oxygen atoms in total. The third-order valence-corrected chi connectivity index (χ3v) is 4.03. The number of benzene rings is 1. The highest BCUT2D eigenvalue weighted by atomic mass is 79.9. The summed E-state index contributed by atoms with van der Waals surface area (Å²) in [5, 5.41) is 9.07. The Morgan fingerprint density at radius 2 is 2.05 bits per heavy atom. The van der Waals surface area contributed by atoms with Crippen molar-refractivity contribution in [1.82, 2.24) is 0 Å². The zero-order chi connectivity index (χ0) is 15.1. The van der Waals surface area contributed by atoms with Gasteiger partial charge in [-0.15, -0.1) is 0 Å². The highest BCUT2D eigenvalue weighted by molar-refractivity contribution is 9.10. The predicted octanol–water partition coefficient (Wildman–Crippen LogP) is 3.62. The molecule has 1 saturated heterocycles. The van der Waals surface area contributed by atoms with Gasteiger partial charge < -0.3 is 10.0 Å². The number of anilines is 1. The Labute approximate surface area is 122 Å². The molecule has 1 aromatic carbocycles. The number of carbonyl (C=O) groups is 1. The van der Waals surface area contributed by atoms with Crippen molar-refractivity contribution in [2.75, 3.05) is 18.0 Å². The summed E-state index contributed by atoms with van der Waals surface area (Å²) in [5.41, 5.74) is -0.707. The van der Waals surface area contributed by atoms with Gasteiger partial charge in [0.2, 0.25) is 0 Å². The number of rotatable bonds is 2. The molecule has 0 radical (unpaired) electrons. The Morgan fingerprint density at radius 3 is 2.55 bits per heavy atom. The largest absolute Gasteiger partial charge is 0.481 e. The molecule has 1 fully saturated rings. The average molecular weight is 352 g/mol. The number of halogens is 4. The van der Waals surface area contributed by atoms with Gasteiger partial charge in [0.15, 0.2) is 0 Å². The molecule has 1 heterocycles. The van der Waals surface area contributed by atoms with Crippen LogP contribution in [0.4, 0.5) is 18.9 Å². The van der Waals surface area contributed by atoms with Gasteiger partial charge in [0.05, 0.1) is 17.2 Å². The van der Waals surface area contributed by atoms with Crippen LogP contribution < -0.4 is 4.90 Å². The van der Waals surface area contributed by atoms with Gasteiger partial charge in [-0.05, 0) is 24.1 Å². The first kappa shape index (κ1) is 15.2. The molecule has 110 valence electrons. The maximum absolute atomic E-state index is 13.0. The quantitative estimate of drug-likeness (QED) is 0.884. The number of carboxylic acids is 1. The summed E-state index contributed by atoms with van der Waals surface area (Å²) < 4.78 is 39.6. The standard InChI is InChI=1S/C13H13BrF3NO2/c1-7-5-18(6-9(7)12(19)20)11-4-8(14)2-3-10(11)13(15,16)17/h2-4,7,9H,5-6H2,1H3,(H,19,20)/t7-,9-/m1/s1. The lowest BCUT2D eigenvalue weighted by Crippen LogP contribution is -2.25. The monoisotopic (exact) mass is 351 g/mol. The zero-order valence-corrected chi connectivity index (χ0v) is 12.2. The van der Waals surface area contributed by atoms with Gasteiger partial charge in [-0.25, -0.2) is 0 Å². The maximum atomic E-state index is 13.0. The third kappa shape index (κ3) is 2.92. The van der Waals surface area contributed by atoms with Gasteiger partial charge in [-0.1, -0.05) is 22.9 Å². The van der Waals surface area contributed by atoms with Crippen LogP contribution in [0.15, 0.2) is 22.7 Å². The molecule has 0 bridgehead atoms. The molecule has 2 atom stereocenters. The van der Waals surface area contributed by atoms with Crippen molar-refractivity contribution in [2.24, 2.45) is 11.8 Å². The van der Waals surface area contributed by atoms with Crippen LogP contribution in [0, 0.1) is 11.8 Å².